The van der Waals surface area contributed by atoms with Crippen LogP contribution >= 0.6 is 15.9 Å². The van der Waals surface area contributed by atoms with E-state index in [0.717, 1.165) is 0 Å². The molecule has 14 heavy (non-hydrogen) atoms. The van der Waals surface area contributed by atoms with Crippen molar-refractivity contribution in [1.29, 1.82) is 0 Å². The molecule has 0 bridgehead atoms. The van der Waals surface area contributed by atoms with Crippen LogP contribution in [0.4, 0.5) is 0 Å². The van der Waals surface area contributed by atoms with E-state index in [4.69, 9.17) is 0 Å². The van der Waals surface area contributed by atoms with E-state index >= 15 is 0 Å². The minimum atomic E-state index is 1.24. The molecule has 0 N–H and O–H groups in total. The van der Waals surface area contributed by atoms with Crippen LogP contribution in [0.5, 0.6) is 0 Å². The highest BCUT2D eigenvalue weighted by Crippen LogP contribution is 2.44. The second-order valence-corrected chi connectivity index (χ2v) is 4.44. The first-order valence-corrected chi connectivity index (χ1v) is 5.47. The Balaban J connectivity index is 2.59. The van der Waals surface area contributed by atoms with Gasteiger partial charge in [-0.05, 0) is 50.3 Å². The van der Waals surface area contributed by atoms with E-state index in [1.165, 1.54) is 32.0 Å². The summed E-state index contributed by atoms with van der Waals surface area (Å²) >= 11 is 3.66. The Hall–Kier alpha value is -1.08. The number of halogens is 1. The third kappa shape index (κ3) is 0.881. The standard InChI is InChI=1S/C13H9Br/c1-8-10-6-2-4-9-5-3-7-11(12(9)10)13(8)14/h2-7H,1H3. The Bertz CT molecular complexity index is 518. The second-order valence-electron chi connectivity index (χ2n) is 3.65. The van der Waals surface area contributed by atoms with Crippen LogP contribution < -0.4 is 0 Å². The highest BCUT2D eigenvalue weighted by molar-refractivity contribution is 9.15. The molecule has 0 nitrogen and oxygen atoms in total. The first-order valence-electron chi connectivity index (χ1n) is 4.68. The molecule has 0 aliphatic heterocycles. The molecule has 1 heteroatoms. The lowest BCUT2D eigenvalue weighted by Crippen LogP contribution is -1.78. The molecule has 0 unspecified atom stereocenters. The average molecular weight is 245 g/mol. The van der Waals surface area contributed by atoms with Crippen LogP contribution in [0.25, 0.3) is 20.8 Å². The van der Waals surface area contributed by atoms with E-state index in [9.17, 15) is 0 Å². The fraction of sp³-hybridized carbons (Fsp3) is 0.0769. The Morgan fingerprint density at radius 3 is 2.29 bits per heavy atom. The summed E-state index contributed by atoms with van der Waals surface area (Å²) in [6, 6.07) is 12.9. The van der Waals surface area contributed by atoms with Crippen LogP contribution in [-0.2, 0) is 0 Å². The maximum Gasteiger partial charge on any atom is 0.0289 e. The molecule has 1 aliphatic rings. The molecule has 0 saturated heterocycles. The van der Waals surface area contributed by atoms with Crippen molar-refractivity contribution in [2.24, 2.45) is 0 Å². The monoisotopic (exact) mass is 244 g/mol. The molecular weight excluding hydrogens is 236 g/mol. The Morgan fingerprint density at radius 1 is 0.929 bits per heavy atom. The van der Waals surface area contributed by atoms with Gasteiger partial charge in [0, 0.05) is 4.48 Å². The van der Waals surface area contributed by atoms with E-state index < -0.39 is 0 Å². The third-order valence-corrected chi connectivity index (χ3v) is 3.90. The van der Waals surface area contributed by atoms with Crippen LogP contribution in [0.2, 0.25) is 0 Å². The van der Waals surface area contributed by atoms with Crippen LogP contribution in [0.15, 0.2) is 36.4 Å². The number of allylic oxidation sites excluding steroid dienone is 1. The highest BCUT2D eigenvalue weighted by Gasteiger charge is 2.18. The Kier molecular flexibility index (Phi) is 1.59. The lowest BCUT2D eigenvalue weighted by Gasteiger charge is -2.01. The van der Waals surface area contributed by atoms with Crippen molar-refractivity contribution in [2.45, 2.75) is 6.92 Å². The maximum absolute atomic E-state index is 3.66. The zero-order valence-corrected chi connectivity index (χ0v) is 9.43. The van der Waals surface area contributed by atoms with E-state index in [1.54, 1.807) is 0 Å². The molecule has 2 aromatic rings. The minimum absolute atomic E-state index is 1.24. The summed E-state index contributed by atoms with van der Waals surface area (Å²) in [6.07, 6.45) is 0. The minimum Gasteiger partial charge on any atom is -0.0610 e. The van der Waals surface area contributed by atoms with E-state index in [0.29, 0.717) is 0 Å². The van der Waals surface area contributed by atoms with Gasteiger partial charge in [0.05, 0.1) is 0 Å². The van der Waals surface area contributed by atoms with Gasteiger partial charge in [0.1, 0.15) is 0 Å². The molecule has 0 heterocycles. The lowest BCUT2D eigenvalue weighted by molar-refractivity contribution is 1.67. The first kappa shape index (κ1) is 8.25. The largest absolute Gasteiger partial charge is 0.0610 e. The molecule has 0 saturated carbocycles. The molecule has 2 aromatic carbocycles. The van der Waals surface area contributed by atoms with Gasteiger partial charge in [-0.2, -0.15) is 0 Å². The summed E-state index contributed by atoms with van der Waals surface area (Å²) < 4.78 is 1.24. The summed E-state index contributed by atoms with van der Waals surface area (Å²) in [7, 11) is 0. The number of hydrogen-bond donors (Lipinski definition) is 0. The number of benzene rings is 2. The highest BCUT2D eigenvalue weighted by atomic mass is 79.9. The van der Waals surface area contributed by atoms with Crippen molar-refractivity contribution in [3.63, 3.8) is 0 Å². The summed E-state index contributed by atoms with van der Waals surface area (Å²) in [4.78, 5) is 0. The van der Waals surface area contributed by atoms with Gasteiger partial charge < -0.3 is 0 Å². The van der Waals surface area contributed by atoms with Gasteiger partial charge in [0.2, 0.25) is 0 Å². The third-order valence-electron chi connectivity index (χ3n) is 2.87. The van der Waals surface area contributed by atoms with E-state index in [-0.39, 0.29) is 0 Å². The van der Waals surface area contributed by atoms with Crippen molar-refractivity contribution in [1.82, 2.24) is 0 Å². The first-order chi connectivity index (χ1) is 6.79. The average Bonchev–Trinajstić information content (AvgIpc) is 2.47. The lowest BCUT2D eigenvalue weighted by atomic mass is 10.0. The smallest absolute Gasteiger partial charge is 0.0289 e. The summed E-state index contributed by atoms with van der Waals surface area (Å²) in [5, 5.41) is 2.72. The number of rotatable bonds is 0. The summed E-state index contributed by atoms with van der Waals surface area (Å²) in [5.41, 5.74) is 4.04. The van der Waals surface area contributed by atoms with Gasteiger partial charge in [-0.1, -0.05) is 36.4 Å². The molecule has 0 radical (unpaired) electrons. The maximum atomic E-state index is 3.66. The zero-order valence-electron chi connectivity index (χ0n) is 7.84. The van der Waals surface area contributed by atoms with Gasteiger partial charge in [-0.3, -0.25) is 0 Å². The van der Waals surface area contributed by atoms with Crippen LogP contribution in [0.3, 0.4) is 0 Å². The SMILES string of the molecule is CC1=C(Br)c2cccc3cccc1c23. The fourth-order valence-corrected chi connectivity index (χ4v) is 2.70. The molecule has 0 fully saturated rings. The van der Waals surface area contributed by atoms with E-state index in [2.05, 4.69) is 59.3 Å². The van der Waals surface area contributed by atoms with Crippen molar-refractivity contribution in [2.75, 3.05) is 0 Å². The summed E-state index contributed by atoms with van der Waals surface area (Å²) in [6.45, 7) is 2.17. The zero-order chi connectivity index (χ0) is 9.71. The molecule has 1 aliphatic carbocycles. The molecule has 0 spiro atoms. The normalized spacial score (nSPS) is 14.1. The quantitative estimate of drug-likeness (QED) is 0.643. The Labute approximate surface area is 91.4 Å². The van der Waals surface area contributed by atoms with Gasteiger partial charge in [0.25, 0.3) is 0 Å². The molecule has 68 valence electrons. The van der Waals surface area contributed by atoms with Crippen molar-refractivity contribution in [3.05, 3.63) is 47.5 Å². The van der Waals surface area contributed by atoms with Crippen molar-refractivity contribution >= 4 is 36.8 Å². The molecule has 0 aromatic heterocycles. The summed E-state index contributed by atoms with van der Waals surface area (Å²) in [5.74, 6) is 0. The molecule has 3 rings (SSSR count). The molecule has 0 atom stereocenters. The van der Waals surface area contributed by atoms with Crippen LogP contribution in [0.1, 0.15) is 18.1 Å². The van der Waals surface area contributed by atoms with Gasteiger partial charge in [-0.15, -0.1) is 0 Å². The fourth-order valence-electron chi connectivity index (χ4n) is 2.16. The predicted octanol–water partition coefficient (Wildman–Crippen LogP) is 4.44. The molecule has 0 amide bonds. The van der Waals surface area contributed by atoms with Crippen molar-refractivity contribution in [3.8, 4) is 0 Å². The van der Waals surface area contributed by atoms with Gasteiger partial charge in [0.15, 0.2) is 0 Å². The second kappa shape index (κ2) is 2.71. The molecular formula is C13H9Br. The number of hydrogen-bond acceptors (Lipinski definition) is 0. The Morgan fingerprint density at radius 2 is 1.57 bits per heavy atom. The topological polar surface area (TPSA) is 0 Å². The predicted molar refractivity (Wildman–Crippen MR) is 65.4 cm³/mol. The van der Waals surface area contributed by atoms with Crippen LogP contribution in [0, 0.1) is 0 Å². The van der Waals surface area contributed by atoms with Gasteiger partial charge >= 0.3 is 0 Å². The van der Waals surface area contributed by atoms with Gasteiger partial charge in [-0.25, -0.2) is 0 Å². The van der Waals surface area contributed by atoms with E-state index in [1.807, 2.05) is 0 Å². The van der Waals surface area contributed by atoms with Crippen LogP contribution in [-0.4, -0.2) is 0 Å². The van der Waals surface area contributed by atoms with Crippen molar-refractivity contribution < 1.29 is 0 Å².